The average Bonchev–Trinajstić information content (AvgIpc) is 3.10. The van der Waals surface area contributed by atoms with E-state index in [1.807, 2.05) is 18.2 Å². The van der Waals surface area contributed by atoms with Gasteiger partial charge in [0.15, 0.2) is 0 Å². The fraction of sp³-hybridized carbons (Fsp3) is 0.333. The number of hydrogen-bond donors (Lipinski definition) is 2. The van der Waals surface area contributed by atoms with Gasteiger partial charge < -0.3 is 20.4 Å². The summed E-state index contributed by atoms with van der Waals surface area (Å²) in [4.78, 5) is 2.39. The van der Waals surface area contributed by atoms with Crippen molar-refractivity contribution in [3.05, 3.63) is 47.5 Å². The molecule has 6 heteroatoms. The van der Waals surface area contributed by atoms with Crippen LogP contribution in [0.4, 0.5) is 23.1 Å². The van der Waals surface area contributed by atoms with Crippen LogP contribution >= 0.6 is 0 Å². The number of nitrogens with one attached hydrogen (secondary N) is 1. The van der Waals surface area contributed by atoms with Crippen molar-refractivity contribution in [2.45, 2.75) is 33.1 Å². The smallest absolute Gasteiger partial charge is 0.320 e. The Bertz CT molecular complexity index is 923. The zero-order valence-electron chi connectivity index (χ0n) is 15.8. The first kappa shape index (κ1) is 17.4. The van der Waals surface area contributed by atoms with Crippen LogP contribution in [0.5, 0.6) is 0 Å². The van der Waals surface area contributed by atoms with Crippen molar-refractivity contribution in [3.8, 4) is 11.5 Å². The zero-order chi connectivity index (χ0) is 18.8. The lowest BCUT2D eigenvalue weighted by atomic mass is 10.1. The molecule has 3 aromatic rings. The molecule has 2 heterocycles. The lowest BCUT2D eigenvalue weighted by Crippen LogP contribution is -2.29. The molecule has 1 aliphatic heterocycles. The fourth-order valence-corrected chi connectivity index (χ4v) is 3.63. The van der Waals surface area contributed by atoms with Crippen LogP contribution in [0.3, 0.4) is 0 Å². The van der Waals surface area contributed by atoms with E-state index in [0.717, 1.165) is 30.0 Å². The van der Waals surface area contributed by atoms with Crippen LogP contribution in [0.2, 0.25) is 0 Å². The van der Waals surface area contributed by atoms with Gasteiger partial charge in [0.2, 0.25) is 0 Å². The van der Waals surface area contributed by atoms with Crippen molar-refractivity contribution >= 4 is 23.1 Å². The Morgan fingerprint density at radius 3 is 2.44 bits per heavy atom. The number of aryl methyl sites for hydroxylation is 2. The third-order valence-electron chi connectivity index (χ3n) is 4.89. The highest BCUT2D eigenvalue weighted by Gasteiger charge is 2.16. The molecule has 0 atom stereocenters. The van der Waals surface area contributed by atoms with E-state index in [9.17, 15) is 0 Å². The van der Waals surface area contributed by atoms with E-state index in [4.69, 9.17) is 10.2 Å². The second kappa shape index (κ2) is 7.31. The number of hydrogen-bond acceptors (Lipinski definition) is 6. The molecule has 4 rings (SSSR count). The first-order chi connectivity index (χ1) is 13.1. The van der Waals surface area contributed by atoms with Gasteiger partial charge in [0.25, 0.3) is 5.89 Å². The van der Waals surface area contributed by atoms with Crippen LogP contribution in [0, 0.1) is 13.8 Å². The molecule has 1 aliphatic rings. The summed E-state index contributed by atoms with van der Waals surface area (Å²) in [5, 5.41) is 11.5. The summed E-state index contributed by atoms with van der Waals surface area (Å²) in [6.45, 7) is 6.27. The number of benzene rings is 2. The molecule has 0 radical (unpaired) electrons. The van der Waals surface area contributed by atoms with E-state index in [-0.39, 0.29) is 0 Å². The van der Waals surface area contributed by atoms with E-state index in [2.05, 4.69) is 52.5 Å². The van der Waals surface area contributed by atoms with Crippen LogP contribution in [-0.2, 0) is 0 Å². The topological polar surface area (TPSA) is 80.2 Å². The van der Waals surface area contributed by atoms with Crippen LogP contribution in [0.15, 0.2) is 40.8 Å². The lowest BCUT2D eigenvalue weighted by molar-refractivity contribution is 0.577. The molecular formula is C21H25N5O. The van der Waals surface area contributed by atoms with Crippen molar-refractivity contribution in [2.24, 2.45) is 0 Å². The molecule has 1 fully saturated rings. The molecule has 0 saturated carbocycles. The molecule has 0 aliphatic carbocycles. The molecule has 0 amide bonds. The second-order valence-corrected chi connectivity index (χ2v) is 7.23. The van der Waals surface area contributed by atoms with Gasteiger partial charge in [0, 0.05) is 30.2 Å². The van der Waals surface area contributed by atoms with Gasteiger partial charge in [-0.3, -0.25) is 0 Å². The predicted molar refractivity (Wildman–Crippen MR) is 109 cm³/mol. The predicted octanol–water partition coefficient (Wildman–Crippen LogP) is 4.67. The number of aromatic nitrogens is 2. The molecule has 3 N–H and O–H groups in total. The van der Waals surface area contributed by atoms with Crippen LogP contribution < -0.4 is 16.0 Å². The highest BCUT2D eigenvalue weighted by atomic mass is 16.4. The highest BCUT2D eigenvalue weighted by molar-refractivity contribution is 5.75. The standard InChI is InChI=1S/C21H25N5O/c1-14-10-15(2)12-16(11-14)23-21-25-24-20(27-21)18-13-17(6-7-19(18)22)26-8-4-3-5-9-26/h6-7,10-13H,3-5,8-9,22H2,1-2H3,(H,23,25). The van der Waals surface area contributed by atoms with E-state index in [0.29, 0.717) is 17.6 Å². The Morgan fingerprint density at radius 2 is 1.70 bits per heavy atom. The van der Waals surface area contributed by atoms with Crippen LogP contribution in [-0.4, -0.2) is 23.3 Å². The summed E-state index contributed by atoms with van der Waals surface area (Å²) in [7, 11) is 0. The van der Waals surface area contributed by atoms with Gasteiger partial charge in [0.05, 0.1) is 5.56 Å². The van der Waals surface area contributed by atoms with Crippen molar-refractivity contribution in [1.82, 2.24) is 10.2 Å². The molecule has 6 nitrogen and oxygen atoms in total. The molecule has 0 spiro atoms. The minimum absolute atomic E-state index is 0.359. The highest BCUT2D eigenvalue weighted by Crippen LogP contribution is 2.32. The largest absolute Gasteiger partial charge is 0.403 e. The Kier molecular flexibility index (Phi) is 4.71. The molecule has 140 valence electrons. The SMILES string of the molecule is Cc1cc(C)cc(Nc2nnc(-c3cc(N4CCCCC4)ccc3N)o2)c1. The minimum atomic E-state index is 0.359. The molecule has 1 aromatic heterocycles. The summed E-state index contributed by atoms with van der Waals surface area (Å²) in [5.74, 6) is 0.429. The monoisotopic (exact) mass is 363 g/mol. The summed E-state index contributed by atoms with van der Waals surface area (Å²) in [5.41, 5.74) is 12.0. The summed E-state index contributed by atoms with van der Waals surface area (Å²) >= 11 is 0. The van der Waals surface area contributed by atoms with E-state index < -0.39 is 0 Å². The number of nitrogens with two attached hydrogens (primary N) is 1. The first-order valence-electron chi connectivity index (χ1n) is 9.42. The summed E-state index contributed by atoms with van der Waals surface area (Å²) in [6.07, 6.45) is 3.75. The number of anilines is 4. The molecule has 1 saturated heterocycles. The number of rotatable bonds is 4. The summed E-state index contributed by atoms with van der Waals surface area (Å²) < 4.78 is 5.84. The molecule has 27 heavy (non-hydrogen) atoms. The van der Waals surface area contributed by atoms with Crippen LogP contribution in [0.1, 0.15) is 30.4 Å². The van der Waals surface area contributed by atoms with Crippen molar-refractivity contribution < 1.29 is 4.42 Å². The minimum Gasteiger partial charge on any atom is -0.403 e. The van der Waals surface area contributed by atoms with E-state index in [1.165, 1.54) is 30.4 Å². The Hall–Kier alpha value is -3.02. The average molecular weight is 363 g/mol. The second-order valence-electron chi connectivity index (χ2n) is 7.23. The van der Waals surface area contributed by atoms with Crippen LogP contribution in [0.25, 0.3) is 11.5 Å². The van der Waals surface area contributed by atoms with Gasteiger partial charge in [-0.25, -0.2) is 0 Å². The van der Waals surface area contributed by atoms with E-state index in [1.54, 1.807) is 0 Å². The van der Waals surface area contributed by atoms with E-state index >= 15 is 0 Å². The van der Waals surface area contributed by atoms with Crippen molar-refractivity contribution in [3.63, 3.8) is 0 Å². The normalized spacial score (nSPS) is 14.4. The molecular weight excluding hydrogens is 338 g/mol. The Labute approximate surface area is 159 Å². The lowest BCUT2D eigenvalue weighted by Gasteiger charge is -2.29. The number of nitrogen functional groups attached to an aromatic ring is 1. The molecule has 0 bridgehead atoms. The van der Waals surface area contributed by atoms with Gasteiger partial charge in [-0.2, -0.15) is 0 Å². The maximum absolute atomic E-state index is 6.19. The van der Waals surface area contributed by atoms with Gasteiger partial charge in [-0.1, -0.05) is 11.2 Å². The third-order valence-corrected chi connectivity index (χ3v) is 4.89. The third kappa shape index (κ3) is 3.89. The maximum Gasteiger partial charge on any atom is 0.320 e. The van der Waals surface area contributed by atoms with Crippen molar-refractivity contribution in [1.29, 1.82) is 0 Å². The quantitative estimate of drug-likeness (QED) is 0.656. The number of nitrogens with zero attached hydrogens (tertiary/aromatic N) is 3. The fourth-order valence-electron chi connectivity index (χ4n) is 3.63. The first-order valence-corrected chi connectivity index (χ1v) is 9.42. The Balaban J connectivity index is 1.58. The van der Waals surface area contributed by atoms with Gasteiger partial charge in [0.1, 0.15) is 0 Å². The van der Waals surface area contributed by atoms with Gasteiger partial charge in [-0.15, -0.1) is 5.10 Å². The Morgan fingerprint density at radius 1 is 0.963 bits per heavy atom. The van der Waals surface area contributed by atoms with Crippen molar-refractivity contribution in [2.75, 3.05) is 29.0 Å². The summed E-state index contributed by atoms with van der Waals surface area (Å²) in [6, 6.07) is 12.6. The molecule has 0 unspecified atom stereocenters. The maximum atomic E-state index is 6.19. The zero-order valence-corrected chi connectivity index (χ0v) is 15.8. The number of piperidine rings is 1. The van der Waals surface area contributed by atoms with Gasteiger partial charge >= 0.3 is 6.01 Å². The van der Waals surface area contributed by atoms with Gasteiger partial charge in [-0.05, 0) is 74.6 Å². The molecule has 2 aromatic carbocycles.